The van der Waals surface area contributed by atoms with Gasteiger partial charge in [-0.25, -0.2) is 9.78 Å². The number of rotatable bonds is 9. The van der Waals surface area contributed by atoms with E-state index in [1.165, 1.54) is 24.1 Å². The molecule has 0 atom stereocenters. The third-order valence-corrected chi connectivity index (χ3v) is 5.36. The summed E-state index contributed by atoms with van der Waals surface area (Å²) in [6.07, 6.45) is -0.507. The zero-order chi connectivity index (χ0) is 23.4. The lowest BCUT2D eigenvalue weighted by atomic mass is 9.82. The summed E-state index contributed by atoms with van der Waals surface area (Å²) in [7, 11) is -0.278. The summed E-state index contributed by atoms with van der Waals surface area (Å²) in [5, 5.41) is 43.4. The zero-order valence-corrected chi connectivity index (χ0v) is 17.8. The highest BCUT2D eigenvalue weighted by Crippen LogP contribution is 2.34. The van der Waals surface area contributed by atoms with E-state index in [4.69, 9.17) is 25.4 Å². The van der Waals surface area contributed by atoms with Gasteiger partial charge >= 0.3 is 13.1 Å². The number of anilines is 1. The van der Waals surface area contributed by atoms with Gasteiger partial charge in [-0.15, -0.1) is 11.3 Å². The molecule has 2 heterocycles. The number of nitrogen functional groups attached to an aromatic ring is 1. The lowest BCUT2D eigenvalue weighted by molar-refractivity contribution is -0.132. The molecule has 32 heavy (non-hydrogen) atoms. The fourth-order valence-corrected chi connectivity index (χ4v) is 3.65. The van der Waals surface area contributed by atoms with Crippen LogP contribution in [0.4, 0.5) is 5.13 Å². The summed E-state index contributed by atoms with van der Waals surface area (Å²) in [6.45, 7) is 0.304. The standard InChI is InChI=1S/C18H21BN4O8S/c1-30-22-14(11-8-32-18(20)21-11)16(25)23-6-10(7-23)31-12-3-2-9(4-5-19(28)29)15(24)13(12)17(26)27/h2-3,8,10,24,28-29H,4-7H2,1H3,(H2,20,21)(H,26,27)/b22-14+. The number of thiazole rings is 1. The summed E-state index contributed by atoms with van der Waals surface area (Å²) in [4.78, 5) is 34.6. The molecule has 1 aliphatic rings. The molecule has 3 rings (SSSR count). The van der Waals surface area contributed by atoms with Crippen LogP contribution in [0.15, 0.2) is 22.7 Å². The van der Waals surface area contributed by atoms with Crippen LogP contribution >= 0.6 is 11.3 Å². The van der Waals surface area contributed by atoms with Crippen molar-refractivity contribution in [3.63, 3.8) is 0 Å². The monoisotopic (exact) mass is 464 g/mol. The van der Waals surface area contributed by atoms with E-state index < -0.39 is 36.4 Å². The summed E-state index contributed by atoms with van der Waals surface area (Å²) >= 11 is 1.16. The molecule has 1 amide bonds. The molecule has 0 saturated carbocycles. The van der Waals surface area contributed by atoms with Crippen molar-refractivity contribution < 1.29 is 39.4 Å². The van der Waals surface area contributed by atoms with Crippen LogP contribution in [0.5, 0.6) is 11.5 Å². The number of carboxylic acids is 1. The molecule has 12 nitrogen and oxygen atoms in total. The van der Waals surface area contributed by atoms with Crippen LogP contribution < -0.4 is 10.5 Å². The van der Waals surface area contributed by atoms with E-state index in [-0.39, 0.29) is 53.7 Å². The second-order valence-electron chi connectivity index (χ2n) is 6.91. The Balaban J connectivity index is 1.69. The molecule has 1 saturated heterocycles. The van der Waals surface area contributed by atoms with E-state index >= 15 is 0 Å². The summed E-state index contributed by atoms with van der Waals surface area (Å²) in [5.74, 6) is -2.40. The first kappa shape index (κ1) is 23.3. The highest BCUT2D eigenvalue weighted by molar-refractivity contribution is 7.13. The average Bonchev–Trinajstić information content (AvgIpc) is 3.12. The Kier molecular flexibility index (Phi) is 7.17. The molecule has 0 bridgehead atoms. The number of hydrogen-bond donors (Lipinski definition) is 5. The van der Waals surface area contributed by atoms with E-state index in [2.05, 4.69) is 10.1 Å². The molecule has 1 aliphatic heterocycles. The third-order valence-electron chi connectivity index (χ3n) is 4.69. The molecule has 6 N–H and O–H groups in total. The number of carbonyl (C=O) groups excluding carboxylic acids is 1. The van der Waals surface area contributed by atoms with Crippen molar-refractivity contribution in [2.24, 2.45) is 5.16 Å². The number of ether oxygens (including phenoxy) is 1. The van der Waals surface area contributed by atoms with E-state index in [0.717, 1.165) is 11.3 Å². The number of aromatic hydroxyl groups is 1. The molecule has 14 heteroatoms. The number of carboxylic acid groups (broad SMARTS) is 1. The SMILES string of the molecule is CO/N=C(/C(=O)N1CC(Oc2ccc(CCB(O)O)c(O)c2C(=O)O)C1)c1csc(N)n1. The van der Waals surface area contributed by atoms with E-state index in [1.807, 2.05) is 0 Å². The van der Waals surface area contributed by atoms with Crippen LogP contribution in [0, 0.1) is 0 Å². The maximum absolute atomic E-state index is 12.7. The van der Waals surface area contributed by atoms with Crippen LogP contribution in [0.2, 0.25) is 6.32 Å². The maximum Gasteiger partial charge on any atom is 0.451 e. The number of hydrogen-bond acceptors (Lipinski definition) is 11. The van der Waals surface area contributed by atoms with E-state index in [9.17, 15) is 19.8 Å². The second-order valence-corrected chi connectivity index (χ2v) is 7.80. The van der Waals surface area contributed by atoms with Gasteiger partial charge in [0.1, 0.15) is 36.0 Å². The fourth-order valence-electron chi connectivity index (χ4n) is 3.10. The van der Waals surface area contributed by atoms with Gasteiger partial charge in [-0.1, -0.05) is 11.2 Å². The number of aromatic carboxylic acids is 1. The molecule has 0 aliphatic carbocycles. The largest absolute Gasteiger partial charge is 0.507 e. The Morgan fingerprint density at radius 1 is 1.38 bits per heavy atom. The van der Waals surface area contributed by atoms with Crippen LogP contribution in [-0.4, -0.2) is 81.2 Å². The van der Waals surface area contributed by atoms with Gasteiger partial charge < -0.3 is 40.5 Å². The first-order valence-corrected chi connectivity index (χ1v) is 10.3. The van der Waals surface area contributed by atoms with Crippen LogP contribution in [0.3, 0.4) is 0 Å². The highest BCUT2D eigenvalue weighted by atomic mass is 32.1. The molecule has 0 radical (unpaired) electrons. The van der Waals surface area contributed by atoms with Crippen molar-refractivity contribution in [1.29, 1.82) is 0 Å². The predicted octanol–water partition coefficient (Wildman–Crippen LogP) is -0.215. The molecule has 1 aromatic carbocycles. The minimum atomic E-state index is -1.58. The first-order chi connectivity index (χ1) is 15.2. The molecule has 1 fully saturated rings. The Labute approximate surface area is 186 Å². The van der Waals surface area contributed by atoms with E-state index in [1.54, 1.807) is 5.38 Å². The lowest BCUT2D eigenvalue weighted by Gasteiger charge is -2.39. The highest BCUT2D eigenvalue weighted by Gasteiger charge is 2.37. The molecule has 1 aromatic heterocycles. The van der Waals surface area contributed by atoms with Crippen molar-refractivity contribution in [2.45, 2.75) is 18.8 Å². The molecular formula is C18H21BN4O8S. The van der Waals surface area contributed by atoms with Crippen LogP contribution in [-0.2, 0) is 16.1 Å². The fraction of sp³-hybridized carbons (Fsp3) is 0.333. The zero-order valence-electron chi connectivity index (χ0n) is 17.0. The Morgan fingerprint density at radius 2 is 2.09 bits per heavy atom. The molecular weight excluding hydrogens is 443 g/mol. The number of benzene rings is 1. The van der Waals surface area contributed by atoms with Crippen molar-refractivity contribution in [3.8, 4) is 11.5 Å². The molecule has 0 spiro atoms. The van der Waals surface area contributed by atoms with Gasteiger partial charge in [0, 0.05) is 5.38 Å². The van der Waals surface area contributed by atoms with E-state index in [0.29, 0.717) is 0 Å². The van der Waals surface area contributed by atoms with Gasteiger partial charge in [0.15, 0.2) is 10.8 Å². The third kappa shape index (κ3) is 5.10. The lowest BCUT2D eigenvalue weighted by Crippen LogP contribution is -2.58. The number of phenols is 1. The topological polar surface area (TPSA) is 188 Å². The number of carbonyl (C=O) groups is 2. The van der Waals surface area contributed by atoms with Crippen molar-refractivity contribution in [3.05, 3.63) is 34.3 Å². The van der Waals surface area contributed by atoms with Gasteiger partial charge in [0.05, 0.1) is 13.1 Å². The number of nitrogens with two attached hydrogens (primary N) is 1. The van der Waals surface area contributed by atoms with Gasteiger partial charge in [0.2, 0.25) is 0 Å². The number of nitrogens with zero attached hydrogens (tertiary/aromatic N) is 3. The second kappa shape index (κ2) is 9.85. The van der Waals surface area contributed by atoms with Crippen molar-refractivity contribution in [2.75, 3.05) is 25.9 Å². The smallest absolute Gasteiger partial charge is 0.451 e. The minimum Gasteiger partial charge on any atom is -0.507 e. The molecule has 2 aromatic rings. The number of aromatic nitrogens is 1. The summed E-state index contributed by atoms with van der Waals surface area (Å²) in [6, 6.07) is 2.85. The molecule has 0 unspecified atom stereocenters. The van der Waals surface area contributed by atoms with Gasteiger partial charge in [0.25, 0.3) is 5.91 Å². The average molecular weight is 464 g/mol. The van der Waals surface area contributed by atoms with Gasteiger partial charge in [-0.05, 0) is 24.4 Å². The Morgan fingerprint density at radius 3 is 2.66 bits per heavy atom. The Bertz CT molecular complexity index is 1040. The quantitative estimate of drug-likeness (QED) is 0.189. The van der Waals surface area contributed by atoms with Crippen LogP contribution in [0.1, 0.15) is 21.6 Å². The number of oxime groups is 1. The minimum absolute atomic E-state index is 0.0156. The maximum atomic E-state index is 12.7. The first-order valence-electron chi connectivity index (χ1n) is 9.44. The number of amides is 1. The van der Waals surface area contributed by atoms with Crippen LogP contribution in [0.25, 0.3) is 0 Å². The van der Waals surface area contributed by atoms with Gasteiger partial charge in [-0.2, -0.15) is 0 Å². The summed E-state index contributed by atoms with van der Waals surface area (Å²) in [5.41, 5.74) is 5.69. The Hall–Kier alpha value is -3.36. The van der Waals surface area contributed by atoms with Gasteiger partial charge in [-0.3, -0.25) is 4.79 Å². The van der Waals surface area contributed by atoms with Crippen molar-refractivity contribution >= 4 is 41.2 Å². The number of likely N-dealkylation sites (tertiary alicyclic amines) is 1. The predicted molar refractivity (Wildman–Crippen MR) is 115 cm³/mol. The normalized spacial score (nSPS) is 14.1. The summed E-state index contributed by atoms with van der Waals surface area (Å²) < 4.78 is 5.70. The molecule has 170 valence electrons. The number of aryl methyl sites for hydroxylation is 1. The van der Waals surface area contributed by atoms with Crippen molar-refractivity contribution in [1.82, 2.24) is 9.88 Å².